The Hall–Kier alpha value is -1.87. The van der Waals surface area contributed by atoms with Gasteiger partial charge in [0, 0.05) is 0 Å². The van der Waals surface area contributed by atoms with Gasteiger partial charge in [0.1, 0.15) is 5.82 Å². The maximum Gasteiger partial charge on any atom is 0.124 e. The summed E-state index contributed by atoms with van der Waals surface area (Å²) in [6, 6.07) is 7.88. The first kappa shape index (κ1) is 10.2. The van der Waals surface area contributed by atoms with Crippen molar-refractivity contribution in [1.82, 2.24) is 0 Å². The number of halogens is 1. The minimum Gasteiger partial charge on any atom is -0.207 e. The van der Waals surface area contributed by atoms with E-state index in [1.54, 1.807) is 13.8 Å². The standard InChI is InChI=1S/C11H9FN2/c1-11(2,7-14)9-3-8(6-13)4-10(12)5-9/h3-5H,1-2H3. The Labute approximate surface area is 82.2 Å². The molecule has 2 nitrogen and oxygen atoms in total. The highest BCUT2D eigenvalue weighted by atomic mass is 19.1. The fourth-order valence-electron chi connectivity index (χ4n) is 1.08. The number of hydrogen-bond donors (Lipinski definition) is 0. The summed E-state index contributed by atoms with van der Waals surface area (Å²) in [6.45, 7) is 3.37. The van der Waals surface area contributed by atoms with Crippen molar-refractivity contribution < 1.29 is 4.39 Å². The summed E-state index contributed by atoms with van der Waals surface area (Å²) in [4.78, 5) is 0. The number of hydrogen-bond acceptors (Lipinski definition) is 2. The number of benzene rings is 1. The van der Waals surface area contributed by atoms with Crippen LogP contribution in [0.2, 0.25) is 0 Å². The Morgan fingerprint density at radius 3 is 2.36 bits per heavy atom. The Kier molecular flexibility index (Phi) is 2.53. The van der Waals surface area contributed by atoms with E-state index in [1.807, 2.05) is 6.07 Å². The van der Waals surface area contributed by atoms with Crippen LogP contribution in [0.15, 0.2) is 18.2 Å². The molecule has 70 valence electrons. The SMILES string of the molecule is CC(C)(C#N)c1cc(F)cc(C#N)c1. The van der Waals surface area contributed by atoms with E-state index in [0.717, 1.165) is 6.07 Å². The minimum atomic E-state index is -0.770. The Balaban J connectivity index is 3.33. The van der Waals surface area contributed by atoms with Gasteiger partial charge in [-0.3, -0.25) is 0 Å². The molecule has 0 aliphatic heterocycles. The molecule has 3 heteroatoms. The predicted octanol–water partition coefficient (Wildman–Crippen LogP) is 2.50. The predicted molar refractivity (Wildman–Crippen MR) is 49.8 cm³/mol. The summed E-state index contributed by atoms with van der Waals surface area (Å²) in [7, 11) is 0. The molecule has 0 aliphatic carbocycles. The lowest BCUT2D eigenvalue weighted by Crippen LogP contribution is -2.14. The first-order chi connectivity index (χ1) is 6.49. The largest absolute Gasteiger partial charge is 0.207 e. The molecule has 1 rings (SSSR count). The van der Waals surface area contributed by atoms with Gasteiger partial charge in [0.05, 0.1) is 23.1 Å². The van der Waals surface area contributed by atoms with Crippen LogP contribution >= 0.6 is 0 Å². The molecule has 0 bridgehead atoms. The summed E-state index contributed by atoms with van der Waals surface area (Å²) < 4.78 is 13.0. The van der Waals surface area contributed by atoms with Crippen molar-refractivity contribution in [2.75, 3.05) is 0 Å². The highest BCUT2D eigenvalue weighted by molar-refractivity contribution is 5.39. The van der Waals surface area contributed by atoms with Gasteiger partial charge in [-0.15, -0.1) is 0 Å². The van der Waals surface area contributed by atoms with Crippen LogP contribution in [-0.2, 0) is 5.41 Å². The van der Waals surface area contributed by atoms with Crippen molar-refractivity contribution in [3.63, 3.8) is 0 Å². The maximum atomic E-state index is 13.0. The van der Waals surface area contributed by atoms with Crippen LogP contribution in [0.4, 0.5) is 4.39 Å². The molecular formula is C11H9FN2. The van der Waals surface area contributed by atoms with E-state index in [4.69, 9.17) is 10.5 Å². The smallest absolute Gasteiger partial charge is 0.124 e. The second kappa shape index (κ2) is 3.47. The minimum absolute atomic E-state index is 0.239. The zero-order chi connectivity index (χ0) is 10.8. The fourth-order valence-corrected chi connectivity index (χ4v) is 1.08. The van der Waals surface area contributed by atoms with Gasteiger partial charge >= 0.3 is 0 Å². The lowest BCUT2D eigenvalue weighted by atomic mass is 9.85. The van der Waals surface area contributed by atoms with E-state index < -0.39 is 11.2 Å². The van der Waals surface area contributed by atoms with E-state index >= 15 is 0 Å². The van der Waals surface area contributed by atoms with Gasteiger partial charge in [0.2, 0.25) is 0 Å². The fraction of sp³-hybridized carbons (Fsp3) is 0.273. The third-order valence-electron chi connectivity index (χ3n) is 2.03. The molecule has 0 radical (unpaired) electrons. The second-order valence-electron chi connectivity index (χ2n) is 3.58. The van der Waals surface area contributed by atoms with E-state index in [-0.39, 0.29) is 5.56 Å². The molecule has 1 aromatic carbocycles. The quantitative estimate of drug-likeness (QED) is 0.679. The molecule has 14 heavy (non-hydrogen) atoms. The maximum absolute atomic E-state index is 13.0. The van der Waals surface area contributed by atoms with Crippen molar-refractivity contribution >= 4 is 0 Å². The molecule has 0 saturated heterocycles. The van der Waals surface area contributed by atoms with Crippen molar-refractivity contribution in [1.29, 1.82) is 10.5 Å². The van der Waals surface area contributed by atoms with Crippen LogP contribution in [0.3, 0.4) is 0 Å². The van der Waals surface area contributed by atoms with Crippen molar-refractivity contribution in [2.45, 2.75) is 19.3 Å². The monoisotopic (exact) mass is 188 g/mol. The Morgan fingerprint density at radius 1 is 1.21 bits per heavy atom. The molecule has 0 unspecified atom stereocenters. The molecule has 0 aliphatic rings. The summed E-state index contributed by atoms with van der Waals surface area (Å²) in [5.41, 5.74) is -0.00637. The lowest BCUT2D eigenvalue weighted by molar-refractivity contribution is 0.612. The summed E-state index contributed by atoms with van der Waals surface area (Å²) in [5.74, 6) is -0.484. The van der Waals surface area contributed by atoms with Crippen LogP contribution < -0.4 is 0 Å². The molecule has 0 fully saturated rings. The number of nitrogens with zero attached hydrogens (tertiary/aromatic N) is 2. The van der Waals surface area contributed by atoms with Gasteiger partial charge in [0.25, 0.3) is 0 Å². The summed E-state index contributed by atoms with van der Waals surface area (Å²) in [5, 5.41) is 17.5. The zero-order valence-corrected chi connectivity index (χ0v) is 8.00. The first-order valence-electron chi connectivity index (χ1n) is 4.12. The van der Waals surface area contributed by atoms with Crippen LogP contribution in [0.1, 0.15) is 25.0 Å². The highest BCUT2D eigenvalue weighted by Gasteiger charge is 2.20. The molecule has 0 saturated carbocycles. The van der Waals surface area contributed by atoms with E-state index in [2.05, 4.69) is 6.07 Å². The van der Waals surface area contributed by atoms with Crippen molar-refractivity contribution in [3.8, 4) is 12.1 Å². The Morgan fingerprint density at radius 2 is 1.86 bits per heavy atom. The average Bonchev–Trinajstić information content (AvgIpc) is 2.16. The molecule has 0 amide bonds. The topological polar surface area (TPSA) is 47.6 Å². The lowest BCUT2D eigenvalue weighted by Gasteiger charge is -2.15. The van der Waals surface area contributed by atoms with Gasteiger partial charge in [0.15, 0.2) is 0 Å². The third kappa shape index (κ3) is 1.89. The normalized spacial score (nSPS) is 10.4. The van der Waals surface area contributed by atoms with E-state index in [0.29, 0.717) is 5.56 Å². The van der Waals surface area contributed by atoms with Crippen molar-refractivity contribution in [3.05, 3.63) is 35.1 Å². The zero-order valence-electron chi connectivity index (χ0n) is 8.00. The first-order valence-corrected chi connectivity index (χ1v) is 4.12. The third-order valence-corrected chi connectivity index (χ3v) is 2.03. The molecule has 0 aromatic heterocycles. The number of rotatable bonds is 1. The second-order valence-corrected chi connectivity index (χ2v) is 3.58. The van der Waals surface area contributed by atoms with Crippen LogP contribution in [0, 0.1) is 28.5 Å². The van der Waals surface area contributed by atoms with Gasteiger partial charge < -0.3 is 0 Å². The van der Waals surface area contributed by atoms with Gasteiger partial charge in [-0.05, 0) is 37.6 Å². The van der Waals surface area contributed by atoms with E-state index in [1.165, 1.54) is 12.1 Å². The summed E-state index contributed by atoms with van der Waals surface area (Å²) in [6.07, 6.45) is 0. The highest BCUT2D eigenvalue weighted by Crippen LogP contribution is 2.23. The average molecular weight is 188 g/mol. The molecule has 1 aromatic rings. The van der Waals surface area contributed by atoms with Gasteiger partial charge in [-0.1, -0.05) is 0 Å². The molecule has 0 heterocycles. The molecule has 0 atom stereocenters. The molecular weight excluding hydrogens is 179 g/mol. The van der Waals surface area contributed by atoms with Crippen molar-refractivity contribution in [2.24, 2.45) is 0 Å². The molecule has 0 spiro atoms. The number of nitriles is 2. The van der Waals surface area contributed by atoms with Crippen LogP contribution in [0.25, 0.3) is 0 Å². The van der Waals surface area contributed by atoms with Crippen LogP contribution in [-0.4, -0.2) is 0 Å². The van der Waals surface area contributed by atoms with E-state index in [9.17, 15) is 4.39 Å². The molecule has 0 N–H and O–H groups in total. The van der Waals surface area contributed by atoms with Crippen LogP contribution in [0.5, 0.6) is 0 Å². The van der Waals surface area contributed by atoms with Gasteiger partial charge in [-0.2, -0.15) is 10.5 Å². The van der Waals surface area contributed by atoms with Gasteiger partial charge in [-0.25, -0.2) is 4.39 Å². The summed E-state index contributed by atoms with van der Waals surface area (Å²) >= 11 is 0. The Bertz CT molecular complexity index is 436.